The Hall–Kier alpha value is 1.11. The summed E-state index contributed by atoms with van der Waals surface area (Å²) >= 11 is 0. The monoisotopic (exact) mass is 509 g/mol. The first kappa shape index (κ1) is 30.9. The van der Waals surface area contributed by atoms with E-state index >= 15 is 0 Å². The van der Waals surface area contributed by atoms with Crippen LogP contribution in [0.1, 0.15) is 40.0 Å². The molecule has 0 heterocycles. The molecule has 0 fully saturated rings. The van der Waals surface area contributed by atoms with Crippen molar-refractivity contribution >= 4 is 30.4 Å². The summed E-state index contributed by atoms with van der Waals surface area (Å²) in [6, 6.07) is 0. The van der Waals surface area contributed by atoms with Crippen LogP contribution >= 0.6 is 0 Å². The van der Waals surface area contributed by atoms with Gasteiger partial charge in [0.15, 0.2) is 0 Å². The standard InChI is InChI=1S/3C3H8O3S.Ce/c3*1-2-3-7(4,5)6;/h3*2-3H2,1H3,(H,4,5,6);/q;;;+3/p-3. The minimum Gasteiger partial charge on any atom is -0.748 e. The molecule has 0 aliphatic heterocycles. The summed E-state index contributed by atoms with van der Waals surface area (Å²) in [6.07, 6.45) is 1.23. The van der Waals surface area contributed by atoms with Gasteiger partial charge in [-0.25, -0.2) is 25.3 Å². The van der Waals surface area contributed by atoms with Crippen molar-refractivity contribution < 1.29 is 80.7 Å². The molecule has 0 amide bonds. The zero-order valence-corrected chi connectivity index (χ0v) is 18.2. The Balaban J connectivity index is -0.000000108. The third-order valence-electron chi connectivity index (χ3n) is 1.36. The quantitative estimate of drug-likeness (QED) is 0.440. The van der Waals surface area contributed by atoms with E-state index in [0.717, 1.165) is 0 Å². The fourth-order valence-corrected chi connectivity index (χ4v) is 2.25. The average molecular weight is 510 g/mol. The van der Waals surface area contributed by atoms with Crippen LogP contribution in [0.5, 0.6) is 0 Å². The molecule has 0 spiro atoms. The van der Waals surface area contributed by atoms with E-state index < -0.39 is 30.4 Å². The second-order valence-corrected chi connectivity index (χ2v) is 8.36. The van der Waals surface area contributed by atoms with E-state index in [2.05, 4.69) is 0 Å². The molecule has 9 nitrogen and oxygen atoms in total. The number of hydrogen-bond donors (Lipinski definition) is 0. The van der Waals surface area contributed by atoms with Crippen LogP contribution in [0.4, 0.5) is 0 Å². The molecule has 0 aliphatic carbocycles. The van der Waals surface area contributed by atoms with E-state index in [4.69, 9.17) is 0 Å². The van der Waals surface area contributed by atoms with Crippen molar-refractivity contribution in [1.29, 1.82) is 0 Å². The third kappa shape index (κ3) is 49.7. The van der Waals surface area contributed by atoms with Gasteiger partial charge < -0.3 is 13.7 Å². The second-order valence-electron chi connectivity index (χ2n) is 3.79. The summed E-state index contributed by atoms with van der Waals surface area (Å²) in [5, 5.41) is 0. The van der Waals surface area contributed by atoms with Crippen LogP contribution in [0.25, 0.3) is 0 Å². The second kappa shape index (κ2) is 15.6. The molecule has 0 unspecified atom stereocenters. The smallest absolute Gasteiger partial charge is 0.748 e. The SMILES string of the molecule is CCCS(=O)(=O)[O-].CCCS(=O)(=O)[O-].CCCS(=O)(=O)[O-].[Ce+3]. The maximum Gasteiger partial charge on any atom is 3.00 e. The number of rotatable bonds is 6. The molecule has 133 valence electrons. The van der Waals surface area contributed by atoms with Crippen molar-refractivity contribution in [2.75, 3.05) is 17.3 Å². The molecule has 0 bridgehead atoms. The van der Waals surface area contributed by atoms with E-state index in [9.17, 15) is 38.9 Å². The molecule has 0 aromatic rings. The van der Waals surface area contributed by atoms with Gasteiger partial charge >= 0.3 is 41.7 Å². The van der Waals surface area contributed by atoms with Crippen LogP contribution < -0.4 is 0 Å². The minimum atomic E-state index is -3.92. The zero-order valence-electron chi connectivity index (χ0n) is 12.6. The molecular formula is C9H21CeO9S3. The molecule has 0 aromatic heterocycles. The molecule has 0 rings (SSSR count). The maximum absolute atomic E-state index is 9.68. The fraction of sp³-hybridized carbons (Fsp3) is 1.00. The van der Waals surface area contributed by atoms with Gasteiger partial charge in [-0.2, -0.15) is 0 Å². The van der Waals surface area contributed by atoms with Crippen LogP contribution in [0.15, 0.2) is 0 Å². The molecule has 13 heteroatoms. The first-order valence-corrected chi connectivity index (χ1v) is 10.7. The maximum atomic E-state index is 9.68. The summed E-state index contributed by atoms with van der Waals surface area (Å²) < 4.78 is 87.1. The average Bonchev–Trinajstić information content (AvgIpc) is 2.12. The molecule has 1 radical (unpaired) electrons. The summed E-state index contributed by atoms with van der Waals surface area (Å²) in [5.41, 5.74) is 0. The van der Waals surface area contributed by atoms with E-state index in [-0.39, 0.29) is 59.0 Å². The largest absolute Gasteiger partial charge is 3.00 e. The van der Waals surface area contributed by atoms with Crippen molar-refractivity contribution in [2.45, 2.75) is 40.0 Å². The minimum absolute atomic E-state index is 0. The summed E-state index contributed by atoms with van der Waals surface area (Å²) in [7, 11) is -11.8. The van der Waals surface area contributed by atoms with Gasteiger partial charge in [-0.1, -0.05) is 20.8 Å². The molecular weight excluding hydrogens is 488 g/mol. The Morgan fingerprint density at radius 2 is 0.682 bits per heavy atom. The van der Waals surface area contributed by atoms with E-state index in [1.165, 1.54) is 0 Å². The van der Waals surface area contributed by atoms with Gasteiger partial charge in [0.05, 0.1) is 30.4 Å². The predicted octanol–water partition coefficient (Wildman–Crippen LogP) is -0.175. The van der Waals surface area contributed by atoms with Crippen LogP contribution in [-0.2, 0) is 30.4 Å². The normalized spacial score (nSPS) is 11.2. The first-order valence-electron chi connectivity index (χ1n) is 5.99. The van der Waals surface area contributed by atoms with E-state index in [1.807, 2.05) is 0 Å². The van der Waals surface area contributed by atoms with Crippen molar-refractivity contribution in [3.8, 4) is 0 Å². The van der Waals surface area contributed by atoms with E-state index in [0.29, 0.717) is 19.3 Å². The molecule has 0 saturated carbocycles. The van der Waals surface area contributed by atoms with Gasteiger partial charge in [0.2, 0.25) is 0 Å². The molecule has 0 N–H and O–H groups in total. The summed E-state index contributed by atoms with van der Waals surface area (Å²) in [6.45, 7) is 4.94. The molecule has 0 aliphatic rings. The van der Waals surface area contributed by atoms with Crippen LogP contribution in [0.2, 0.25) is 0 Å². The summed E-state index contributed by atoms with van der Waals surface area (Å²) in [4.78, 5) is 0. The third-order valence-corrected chi connectivity index (χ3v) is 4.09. The topological polar surface area (TPSA) is 172 Å². The Kier molecular flexibility index (Phi) is 22.0. The predicted molar refractivity (Wildman–Crippen MR) is 74.6 cm³/mol. The zero-order chi connectivity index (χ0) is 17.7. The van der Waals surface area contributed by atoms with Crippen molar-refractivity contribution in [2.24, 2.45) is 0 Å². The first-order chi connectivity index (χ1) is 9.18. The van der Waals surface area contributed by atoms with Crippen molar-refractivity contribution in [3.05, 3.63) is 0 Å². The number of hydrogen-bond acceptors (Lipinski definition) is 9. The fourth-order valence-electron chi connectivity index (χ4n) is 0.750. The van der Waals surface area contributed by atoms with E-state index in [1.54, 1.807) is 20.8 Å². The van der Waals surface area contributed by atoms with Crippen LogP contribution in [0.3, 0.4) is 0 Å². The van der Waals surface area contributed by atoms with Gasteiger partial charge in [-0.3, -0.25) is 0 Å². The van der Waals surface area contributed by atoms with Crippen molar-refractivity contribution in [3.63, 3.8) is 0 Å². The molecule has 0 aromatic carbocycles. The Morgan fingerprint density at radius 3 is 0.682 bits per heavy atom. The van der Waals surface area contributed by atoms with Crippen LogP contribution in [0, 0.1) is 41.7 Å². The van der Waals surface area contributed by atoms with Crippen LogP contribution in [-0.4, -0.2) is 56.2 Å². The van der Waals surface area contributed by atoms with Gasteiger partial charge in [0.1, 0.15) is 0 Å². The summed E-state index contributed by atoms with van der Waals surface area (Å²) in [5.74, 6) is -0.729. The van der Waals surface area contributed by atoms with Gasteiger partial charge in [0, 0.05) is 17.3 Å². The Morgan fingerprint density at radius 1 is 0.545 bits per heavy atom. The Labute approximate surface area is 166 Å². The Bertz CT molecular complexity index is 456. The van der Waals surface area contributed by atoms with Gasteiger partial charge in [-0.05, 0) is 19.3 Å². The molecule has 0 atom stereocenters. The van der Waals surface area contributed by atoms with Gasteiger partial charge in [-0.15, -0.1) is 0 Å². The van der Waals surface area contributed by atoms with Crippen molar-refractivity contribution in [1.82, 2.24) is 0 Å². The molecule has 0 saturated heterocycles. The molecule has 22 heavy (non-hydrogen) atoms. The van der Waals surface area contributed by atoms with Gasteiger partial charge in [0.25, 0.3) is 0 Å².